The fraction of sp³-hybridized carbons (Fsp3) is 0.125. The fourth-order valence-electron chi connectivity index (χ4n) is 2.01. The molecular formula is C16H11Cl2N3O7. The van der Waals surface area contributed by atoms with Gasteiger partial charge >= 0.3 is 5.97 Å². The Morgan fingerprint density at radius 3 is 2.14 bits per heavy atom. The standard InChI is InChI=1S/C16H11Cl2N3O7/c1-8(15(22)19-14-5-3-10(21(26)27)7-13(14)18)28-16(23)11-6-9(20(24)25)2-4-12(11)17/h2-8H,1H3,(H,19,22)/t8-/m1/s1. The summed E-state index contributed by atoms with van der Waals surface area (Å²) in [7, 11) is 0. The van der Waals surface area contributed by atoms with E-state index in [1.165, 1.54) is 13.0 Å². The van der Waals surface area contributed by atoms with Crippen LogP contribution in [0.15, 0.2) is 36.4 Å². The third-order valence-corrected chi connectivity index (χ3v) is 4.10. The Bertz CT molecular complexity index is 981. The lowest BCUT2D eigenvalue weighted by Crippen LogP contribution is -2.30. The van der Waals surface area contributed by atoms with Gasteiger partial charge in [0.15, 0.2) is 6.10 Å². The third kappa shape index (κ3) is 4.93. The Kier molecular flexibility index (Phi) is 6.49. The molecule has 1 amide bonds. The highest BCUT2D eigenvalue weighted by Gasteiger charge is 2.23. The van der Waals surface area contributed by atoms with E-state index in [-0.39, 0.29) is 32.7 Å². The number of esters is 1. The normalized spacial score (nSPS) is 11.4. The summed E-state index contributed by atoms with van der Waals surface area (Å²) in [5.74, 6) is -1.81. The van der Waals surface area contributed by atoms with Crippen LogP contribution in [0, 0.1) is 20.2 Å². The van der Waals surface area contributed by atoms with Crippen LogP contribution < -0.4 is 5.32 Å². The van der Waals surface area contributed by atoms with Gasteiger partial charge in [0.05, 0.1) is 31.1 Å². The van der Waals surface area contributed by atoms with E-state index in [2.05, 4.69) is 5.32 Å². The first-order valence-electron chi connectivity index (χ1n) is 7.50. The van der Waals surface area contributed by atoms with Crippen molar-refractivity contribution >= 4 is 52.1 Å². The smallest absolute Gasteiger partial charge is 0.340 e. The summed E-state index contributed by atoms with van der Waals surface area (Å²) in [6.45, 7) is 1.26. The molecule has 0 aliphatic carbocycles. The summed E-state index contributed by atoms with van der Waals surface area (Å²) < 4.78 is 4.98. The van der Waals surface area contributed by atoms with Crippen molar-refractivity contribution in [3.8, 4) is 0 Å². The van der Waals surface area contributed by atoms with Crippen LogP contribution in [-0.2, 0) is 9.53 Å². The van der Waals surface area contributed by atoms with Crippen molar-refractivity contribution in [3.05, 3.63) is 72.2 Å². The first kappa shape index (κ1) is 21.1. The quantitative estimate of drug-likeness (QED) is 0.416. The van der Waals surface area contributed by atoms with E-state index >= 15 is 0 Å². The first-order chi connectivity index (χ1) is 13.1. The van der Waals surface area contributed by atoms with Gasteiger partial charge in [-0.15, -0.1) is 0 Å². The van der Waals surface area contributed by atoms with Gasteiger partial charge in [0.2, 0.25) is 0 Å². The zero-order valence-corrected chi connectivity index (χ0v) is 15.6. The van der Waals surface area contributed by atoms with Gasteiger partial charge in [-0.05, 0) is 19.1 Å². The Labute approximate surface area is 167 Å². The van der Waals surface area contributed by atoms with E-state index in [9.17, 15) is 29.8 Å². The summed E-state index contributed by atoms with van der Waals surface area (Å²) in [6, 6.07) is 6.63. The molecule has 0 aliphatic rings. The molecule has 2 rings (SSSR count). The molecule has 1 N–H and O–H groups in total. The second-order valence-electron chi connectivity index (χ2n) is 5.38. The van der Waals surface area contributed by atoms with Crippen LogP contribution >= 0.6 is 23.2 Å². The predicted octanol–water partition coefficient (Wildman–Crippen LogP) is 3.99. The summed E-state index contributed by atoms with van der Waals surface area (Å²) in [6.07, 6.45) is -1.31. The number of carbonyl (C=O) groups is 2. The van der Waals surface area contributed by atoms with Crippen molar-refractivity contribution in [1.82, 2.24) is 0 Å². The van der Waals surface area contributed by atoms with Gasteiger partial charge in [0.1, 0.15) is 0 Å². The molecule has 1 atom stereocenters. The molecule has 2 aromatic rings. The number of nitrogens with one attached hydrogen (secondary N) is 1. The molecule has 0 spiro atoms. The minimum absolute atomic E-state index is 0.0774. The van der Waals surface area contributed by atoms with Gasteiger partial charge in [-0.3, -0.25) is 25.0 Å². The lowest BCUT2D eigenvalue weighted by atomic mass is 10.2. The Hall–Kier alpha value is -3.24. The van der Waals surface area contributed by atoms with Crippen molar-refractivity contribution in [2.24, 2.45) is 0 Å². The number of anilines is 1. The van der Waals surface area contributed by atoms with Gasteiger partial charge < -0.3 is 10.1 Å². The van der Waals surface area contributed by atoms with E-state index < -0.39 is 27.8 Å². The van der Waals surface area contributed by atoms with Crippen molar-refractivity contribution in [2.75, 3.05) is 5.32 Å². The Balaban J connectivity index is 2.10. The zero-order chi connectivity index (χ0) is 21.0. The molecule has 0 bridgehead atoms. The van der Waals surface area contributed by atoms with Gasteiger partial charge in [0.25, 0.3) is 17.3 Å². The average molecular weight is 428 g/mol. The van der Waals surface area contributed by atoms with Crippen LogP contribution in [0.5, 0.6) is 0 Å². The molecule has 146 valence electrons. The second-order valence-corrected chi connectivity index (χ2v) is 6.19. The van der Waals surface area contributed by atoms with Gasteiger partial charge in [-0.1, -0.05) is 23.2 Å². The summed E-state index contributed by atoms with van der Waals surface area (Å²) in [4.78, 5) is 44.5. The molecule has 0 saturated heterocycles. The van der Waals surface area contributed by atoms with Crippen LogP contribution in [0.25, 0.3) is 0 Å². The number of amides is 1. The monoisotopic (exact) mass is 427 g/mol. The van der Waals surface area contributed by atoms with Crippen LogP contribution in [0.4, 0.5) is 17.1 Å². The van der Waals surface area contributed by atoms with Crippen molar-refractivity contribution in [3.63, 3.8) is 0 Å². The topological polar surface area (TPSA) is 142 Å². The molecule has 2 aromatic carbocycles. The molecule has 0 saturated carbocycles. The van der Waals surface area contributed by atoms with Crippen LogP contribution in [-0.4, -0.2) is 27.8 Å². The molecule has 28 heavy (non-hydrogen) atoms. The van der Waals surface area contributed by atoms with Crippen LogP contribution in [0.2, 0.25) is 10.0 Å². The van der Waals surface area contributed by atoms with Crippen molar-refractivity contribution in [1.29, 1.82) is 0 Å². The average Bonchev–Trinajstić information content (AvgIpc) is 2.63. The molecule has 0 unspecified atom stereocenters. The number of ether oxygens (including phenoxy) is 1. The molecule has 0 aromatic heterocycles. The summed E-state index contributed by atoms with van der Waals surface area (Å²) in [5.41, 5.74) is -0.827. The maximum Gasteiger partial charge on any atom is 0.340 e. The zero-order valence-electron chi connectivity index (χ0n) is 14.0. The lowest BCUT2D eigenvalue weighted by molar-refractivity contribution is -0.385. The van der Waals surface area contributed by atoms with Gasteiger partial charge in [0, 0.05) is 24.3 Å². The first-order valence-corrected chi connectivity index (χ1v) is 8.25. The number of nitro benzene ring substituents is 2. The highest BCUT2D eigenvalue weighted by molar-refractivity contribution is 6.34. The fourth-order valence-corrected chi connectivity index (χ4v) is 2.43. The number of halogens is 2. The van der Waals surface area contributed by atoms with Crippen LogP contribution in [0.1, 0.15) is 17.3 Å². The molecule has 10 nitrogen and oxygen atoms in total. The molecule has 0 heterocycles. The van der Waals surface area contributed by atoms with Crippen molar-refractivity contribution in [2.45, 2.75) is 13.0 Å². The van der Waals surface area contributed by atoms with E-state index in [1.807, 2.05) is 0 Å². The number of non-ortho nitro benzene ring substituents is 2. The summed E-state index contributed by atoms with van der Waals surface area (Å²) in [5, 5.41) is 23.7. The Morgan fingerprint density at radius 2 is 1.57 bits per heavy atom. The number of hydrogen-bond acceptors (Lipinski definition) is 7. The summed E-state index contributed by atoms with van der Waals surface area (Å²) >= 11 is 11.7. The predicted molar refractivity (Wildman–Crippen MR) is 99.7 cm³/mol. The minimum Gasteiger partial charge on any atom is -0.449 e. The van der Waals surface area contributed by atoms with Gasteiger partial charge in [-0.25, -0.2) is 4.79 Å². The van der Waals surface area contributed by atoms with E-state index in [4.69, 9.17) is 27.9 Å². The number of nitrogens with zero attached hydrogens (tertiary/aromatic N) is 2. The highest BCUT2D eigenvalue weighted by atomic mass is 35.5. The maximum absolute atomic E-state index is 12.2. The third-order valence-electron chi connectivity index (χ3n) is 3.46. The van der Waals surface area contributed by atoms with E-state index in [0.29, 0.717) is 0 Å². The second kappa shape index (κ2) is 8.63. The molecule has 12 heteroatoms. The van der Waals surface area contributed by atoms with Crippen LogP contribution in [0.3, 0.4) is 0 Å². The largest absolute Gasteiger partial charge is 0.449 e. The van der Waals surface area contributed by atoms with E-state index in [1.54, 1.807) is 0 Å². The number of rotatable bonds is 6. The number of carbonyl (C=O) groups excluding carboxylic acids is 2. The SMILES string of the molecule is C[C@@H](OC(=O)c1cc([N+](=O)[O-])ccc1Cl)C(=O)Nc1ccc([N+](=O)[O-])cc1Cl. The molecule has 0 fully saturated rings. The molecule has 0 aliphatic heterocycles. The lowest BCUT2D eigenvalue weighted by Gasteiger charge is -2.14. The number of nitro groups is 2. The molecule has 0 radical (unpaired) electrons. The van der Waals surface area contributed by atoms with Crippen molar-refractivity contribution < 1.29 is 24.2 Å². The van der Waals surface area contributed by atoms with E-state index in [0.717, 1.165) is 30.3 Å². The number of benzene rings is 2. The minimum atomic E-state index is -1.31. The Morgan fingerprint density at radius 1 is 1.00 bits per heavy atom. The number of hydrogen-bond donors (Lipinski definition) is 1. The van der Waals surface area contributed by atoms with Gasteiger partial charge in [-0.2, -0.15) is 0 Å². The highest BCUT2D eigenvalue weighted by Crippen LogP contribution is 2.27. The maximum atomic E-state index is 12.2. The molecular weight excluding hydrogens is 417 g/mol.